The van der Waals surface area contributed by atoms with Gasteiger partial charge >= 0.3 is 0 Å². The number of benzene rings is 2. The summed E-state index contributed by atoms with van der Waals surface area (Å²) in [5, 5.41) is 12.7. The van der Waals surface area contributed by atoms with Gasteiger partial charge in [0.2, 0.25) is 0 Å². The number of amides is 1. The van der Waals surface area contributed by atoms with Gasteiger partial charge in [-0.15, -0.1) is 16.8 Å². The lowest BCUT2D eigenvalue weighted by Gasteiger charge is -2.12. The van der Waals surface area contributed by atoms with E-state index in [9.17, 15) is 4.79 Å². The summed E-state index contributed by atoms with van der Waals surface area (Å²) in [6.45, 7) is 10.6. The molecule has 0 bridgehead atoms. The summed E-state index contributed by atoms with van der Waals surface area (Å²) in [5.41, 5.74) is 3.99. The lowest BCUT2D eigenvalue weighted by atomic mass is 10.1. The highest BCUT2D eigenvalue weighted by Gasteiger charge is 2.14. The van der Waals surface area contributed by atoms with E-state index < -0.39 is 0 Å². The van der Waals surface area contributed by atoms with Crippen LogP contribution in [0.15, 0.2) is 66.3 Å². The molecule has 1 atom stereocenters. The zero-order chi connectivity index (χ0) is 21.5. The molecule has 3 aromatic rings. The van der Waals surface area contributed by atoms with E-state index in [1.54, 1.807) is 11.8 Å². The Hall–Kier alpha value is -2.86. The maximum absolute atomic E-state index is 12.4. The standard InChI is InChI=1S/C24H28N4OS/c1-5-14-28-22(20-12-10-17(3)11-13-20)26-27-24(28)30-16-19-8-7-9-21(15-19)23(29)25-18(4)6-2/h5,7-13,15,18H,1,6,14,16H2,2-4H3,(H,25,29)/t18-/m0/s1. The number of nitrogens with zero attached hydrogens (tertiary/aromatic N) is 3. The quantitative estimate of drug-likeness (QED) is 0.379. The summed E-state index contributed by atoms with van der Waals surface area (Å²) in [4.78, 5) is 12.4. The maximum atomic E-state index is 12.4. The molecule has 1 amide bonds. The summed E-state index contributed by atoms with van der Waals surface area (Å²) < 4.78 is 2.07. The van der Waals surface area contributed by atoms with E-state index in [1.165, 1.54) is 5.56 Å². The highest BCUT2D eigenvalue weighted by Crippen LogP contribution is 2.27. The third-order valence-electron chi connectivity index (χ3n) is 4.89. The maximum Gasteiger partial charge on any atom is 0.251 e. The molecule has 156 valence electrons. The van der Waals surface area contributed by atoms with Gasteiger partial charge in [0.15, 0.2) is 11.0 Å². The number of thioether (sulfide) groups is 1. The van der Waals surface area contributed by atoms with Crippen LogP contribution in [0.4, 0.5) is 0 Å². The molecule has 0 radical (unpaired) electrons. The van der Waals surface area contributed by atoms with Crippen molar-refractivity contribution >= 4 is 17.7 Å². The molecule has 0 saturated carbocycles. The molecule has 0 aliphatic heterocycles. The lowest BCUT2D eigenvalue weighted by Crippen LogP contribution is -2.31. The Morgan fingerprint density at radius 1 is 1.23 bits per heavy atom. The molecule has 6 heteroatoms. The second-order valence-corrected chi connectivity index (χ2v) is 8.29. The van der Waals surface area contributed by atoms with Gasteiger partial charge < -0.3 is 5.32 Å². The van der Waals surface area contributed by atoms with Gasteiger partial charge in [0.1, 0.15) is 0 Å². The smallest absolute Gasteiger partial charge is 0.251 e. The zero-order valence-corrected chi connectivity index (χ0v) is 18.6. The van der Waals surface area contributed by atoms with Gasteiger partial charge in [-0.25, -0.2) is 0 Å². The summed E-state index contributed by atoms with van der Waals surface area (Å²) in [7, 11) is 0. The molecule has 30 heavy (non-hydrogen) atoms. The van der Waals surface area contributed by atoms with Crippen LogP contribution in [-0.2, 0) is 12.3 Å². The van der Waals surface area contributed by atoms with Gasteiger partial charge in [-0.1, -0.05) is 66.7 Å². The number of nitrogens with one attached hydrogen (secondary N) is 1. The minimum Gasteiger partial charge on any atom is -0.350 e. The molecule has 5 nitrogen and oxygen atoms in total. The van der Waals surface area contributed by atoms with Gasteiger partial charge in [-0.2, -0.15) is 0 Å². The van der Waals surface area contributed by atoms with Crippen LogP contribution in [-0.4, -0.2) is 26.7 Å². The Labute approximate surface area is 182 Å². The number of allylic oxidation sites excluding steroid dienone is 1. The van der Waals surface area contributed by atoms with Gasteiger partial charge in [-0.05, 0) is 38.0 Å². The molecule has 0 aliphatic carbocycles. The molecular formula is C24H28N4OS. The molecule has 0 aliphatic rings. The second-order valence-electron chi connectivity index (χ2n) is 7.34. The van der Waals surface area contributed by atoms with Crippen LogP contribution in [0.1, 0.15) is 41.8 Å². The normalized spacial score (nSPS) is 11.8. The average Bonchev–Trinajstić information content (AvgIpc) is 3.15. The van der Waals surface area contributed by atoms with Crippen LogP contribution < -0.4 is 5.32 Å². The summed E-state index contributed by atoms with van der Waals surface area (Å²) in [6.07, 6.45) is 2.76. The van der Waals surface area contributed by atoms with Crippen molar-refractivity contribution in [3.63, 3.8) is 0 Å². The first-order valence-electron chi connectivity index (χ1n) is 10.2. The van der Waals surface area contributed by atoms with E-state index in [2.05, 4.69) is 64.8 Å². The molecule has 1 aromatic heterocycles. The van der Waals surface area contributed by atoms with Crippen molar-refractivity contribution in [2.75, 3.05) is 0 Å². The first-order chi connectivity index (χ1) is 14.5. The van der Waals surface area contributed by atoms with Gasteiger partial charge in [0.25, 0.3) is 5.91 Å². The Morgan fingerprint density at radius 2 is 2.00 bits per heavy atom. The van der Waals surface area contributed by atoms with Crippen molar-refractivity contribution in [2.45, 2.75) is 50.7 Å². The van der Waals surface area contributed by atoms with Crippen molar-refractivity contribution < 1.29 is 4.79 Å². The number of rotatable bonds is 9. The molecular weight excluding hydrogens is 392 g/mol. The predicted octanol–water partition coefficient (Wildman–Crippen LogP) is 5.26. The Morgan fingerprint density at radius 3 is 2.70 bits per heavy atom. The molecule has 0 fully saturated rings. The van der Waals surface area contributed by atoms with Crippen LogP contribution in [0, 0.1) is 6.92 Å². The Balaban J connectivity index is 1.76. The average molecular weight is 421 g/mol. The summed E-state index contributed by atoms with van der Waals surface area (Å²) in [5.74, 6) is 1.50. The van der Waals surface area contributed by atoms with E-state index in [4.69, 9.17) is 0 Å². The lowest BCUT2D eigenvalue weighted by molar-refractivity contribution is 0.0939. The van der Waals surface area contributed by atoms with Crippen molar-refractivity contribution in [2.24, 2.45) is 0 Å². The molecule has 0 saturated heterocycles. The highest BCUT2D eigenvalue weighted by atomic mass is 32.2. The number of hydrogen-bond donors (Lipinski definition) is 1. The predicted molar refractivity (Wildman–Crippen MR) is 124 cm³/mol. The van der Waals surface area contributed by atoms with E-state index in [0.29, 0.717) is 17.9 Å². The van der Waals surface area contributed by atoms with Crippen molar-refractivity contribution in [3.8, 4) is 11.4 Å². The largest absolute Gasteiger partial charge is 0.350 e. The molecule has 1 heterocycles. The van der Waals surface area contributed by atoms with E-state index in [1.807, 2.05) is 37.3 Å². The van der Waals surface area contributed by atoms with Gasteiger partial charge in [0.05, 0.1) is 0 Å². The fraction of sp³-hybridized carbons (Fsp3) is 0.292. The van der Waals surface area contributed by atoms with Crippen molar-refractivity contribution in [1.82, 2.24) is 20.1 Å². The molecule has 3 rings (SSSR count). The first-order valence-corrected chi connectivity index (χ1v) is 11.1. The Bertz CT molecular complexity index is 1010. The van der Waals surface area contributed by atoms with E-state index in [0.717, 1.165) is 28.5 Å². The number of hydrogen-bond acceptors (Lipinski definition) is 4. The number of carbonyl (C=O) groups excluding carboxylic acids is 1. The summed E-state index contributed by atoms with van der Waals surface area (Å²) >= 11 is 1.61. The van der Waals surface area contributed by atoms with Crippen molar-refractivity contribution in [1.29, 1.82) is 0 Å². The van der Waals surface area contributed by atoms with Crippen LogP contribution in [0.2, 0.25) is 0 Å². The summed E-state index contributed by atoms with van der Waals surface area (Å²) in [6, 6.07) is 16.2. The fourth-order valence-corrected chi connectivity index (χ4v) is 3.86. The van der Waals surface area contributed by atoms with Crippen LogP contribution >= 0.6 is 11.8 Å². The van der Waals surface area contributed by atoms with E-state index in [-0.39, 0.29) is 11.9 Å². The minimum absolute atomic E-state index is 0.0346. The molecule has 0 spiro atoms. The first kappa shape index (κ1) is 21.8. The monoisotopic (exact) mass is 420 g/mol. The zero-order valence-electron chi connectivity index (χ0n) is 17.8. The number of aromatic nitrogens is 3. The minimum atomic E-state index is -0.0346. The highest BCUT2D eigenvalue weighted by molar-refractivity contribution is 7.98. The van der Waals surface area contributed by atoms with Gasteiger partial charge in [-0.3, -0.25) is 9.36 Å². The Kier molecular flexibility index (Phi) is 7.46. The third kappa shape index (κ3) is 5.39. The van der Waals surface area contributed by atoms with E-state index >= 15 is 0 Å². The molecule has 0 unspecified atom stereocenters. The fourth-order valence-electron chi connectivity index (χ4n) is 2.96. The van der Waals surface area contributed by atoms with Crippen molar-refractivity contribution in [3.05, 3.63) is 77.9 Å². The molecule has 2 aromatic carbocycles. The van der Waals surface area contributed by atoms with Crippen LogP contribution in [0.25, 0.3) is 11.4 Å². The second kappa shape index (κ2) is 10.3. The SMILES string of the molecule is C=CCn1c(SCc2cccc(C(=O)N[C@@H](C)CC)c2)nnc1-c1ccc(C)cc1. The number of carbonyl (C=O) groups is 1. The molecule has 1 N–H and O–H groups in total. The van der Waals surface area contributed by atoms with Crippen LogP contribution in [0.5, 0.6) is 0 Å². The third-order valence-corrected chi connectivity index (χ3v) is 5.92. The van der Waals surface area contributed by atoms with Crippen LogP contribution in [0.3, 0.4) is 0 Å². The number of aryl methyl sites for hydroxylation is 1. The topological polar surface area (TPSA) is 59.8 Å². The van der Waals surface area contributed by atoms with Gasteiger partial charge in [0, 0.05) is 29.5 Å².